The summed E-state index contributed by atoms with van der Waals surface area (Å²) in [6.07, 6.45) is 2.38. The van der Waals surface area contributed by atoms with Crippen LogP contribution in [-0.2, 0) is 11.2 Å². The van der Waals surface area contributed by atoms with E-state index in [0.717, 1.165) is 11.2 Å². The van der Waals surface area contributed by atoms with Crippen LogP contribution in [0.25, 0.3) is 10.9 Å². The minimum Gasteiger partial charge on any atom is -0.505 e. The number of H-pyrrole nitrogens is 1. The van der Waals surface area contributed by atoms with Gasteiger partial charge in [0.05, 0.1) is 17.8 Å². The number of aromatic hydroxyl groups is 1. The van der Waals surface area contributed by atoms with Gasteiger partial charge in [-0.05, 0) is 19.4 Å². The number of hydrogen-bond acceptors (Lipinski definition) is 4. The number of carbonyl (C=O) groups is 1. The van der Waals surface area contributed by atoms with Gasteiger partial charge in [0.15, 0.2) is 11.4 Å². The summed E-state index contributed by atoms with van der Waals surface area (Å²) in [5.41, 5.74) is 1.49. The third-order valence-electron chi connectivity index (χ3n) is 2.57. The van der Waals surface area contributed by atoms with E-state index in [1.54, 1.807) is 19.2 Å². The molecule has 17 heavy (non-hydrogen) atoms. The third-order valence-corrected chi connectivity index (χ3v) is 2.57. The van der Waals surface area contributed by atoms with Gasteiger partial charge in [0.2, 0.25) is 0 Å². The maximum Gasteiger partial charge on any atom is 0.360 e. The van der Waals surface area contributed by atoms with Crippen LogP contribution in [0.4, 0.5) is 0 Å². The predicted molar refractivity (Wildman–Crippen MR) is 63.1 cm³/mol. The SMILES string of the molecule is CCOC(=O)c1nc(CC)c2[nH]ccc2c1O. The number of esters is 1. The second kappa shape index (κ2) is 4.45. The van der Waals surface area contributed by atoms with Gasteiger partial charge in [-0.2, -0.15) is 0 Å². The summed E-state index contributed by atoms with van der Waals surface area (Å²) in [5, 5.41) is 10.6. The summed E-state index contributed by atoms with van der Waals surface area (Å²) in [6.45, 7) is 3.91. The number of carbonyl (C=O) groups excluding carboxylic acids is 1. The van der Waals surface area contributed by atoms with Crippen LogP contribution in [0.5, 0.6) is 5.75 Å². The number of rotatable bonds is 3. The number of nitrogens with zero attached hydrogens (tertiary/aromatic N) is 1. The van der Waals surface area contributed by atoms with E-state index in [1.807, 2.05) is 6.92 Å². The van der Waals surface area contributed by atoms with Gasteiger partial charge in [-0.25, -0.2) is 9.78 Å². The van der Waals surface area contributed by atoms with Crippen LogP contribution in [0, 0.1) is 0 Å². The lowest BCUT2D eigenvalue weighted by molar-refractivity contribution is 0.0516. The van der Waals surface area contributed by atoms with Crippen LogP contribution in [0.2, 0.25) is 0 Å². The van der Waals surface area contributed by atoms with Crippen LogP contribution in [0.15, 0.2) is 12.3 Å². The van der Waals surface area contributed by atoms with E-state index in [4.69, 9.17) is 4.74 Å². The molecule has 5 nitrogen and oxygen atoms in total. The minimum absolute atomic E-state index is 0.0178. The second-order valence-corrected chi connectivity index (χ2v) is 3.60. The van der Waals surface area contributed by atoms with Gasteiger partial charge in [0, 0.05) is 11.6 Å². The van der Waals surface area contributed by atoms with Gasteiger partial charge >= 0.3 is 5.97 Å². The van der Waals surface area contributed by atoms with Gasteiger partial charge in [-0.1, -0.05) is 6.92 Å². The zero-order chi connectivity index (χ0) is 12.4. The van der Waals surface area contributed by atoms with Crippen molar-refractivity contribution in [1.29, 1.82) is 0 Å². The molecule has 2 N–H and O–H groups in total. The fraction of sp³-hybridized carbons (Fsp3) is 0.333. The average molecular weight is 234 g/mol. The van der Waals surface area contributed by atoms with Crippen molar-refractivity contribution in [3.05, 3.63) is 23.7 Å². The van der Waals surface area contributed by atoms with Crippen molar-refractivity contribution in [3.8, 4) is 5.75 Å². The predicted octanol–water partition coefficient (Wildman–Crippen LogP) is 2.01. The van der Waals surface area contributed by atoms with E-state index in [2.05, 4.69) is 9.97 Å². The van der Waals surface area contributed by atoms with Crippen LogP contribution in [0.1, 0.15) is 30.0 Å². The van der Waals surface area contributed by atoms with Crippen molar-refractivity contribution >= 4 is 16.9 Å². The molecule has 2 heterocycles. The summed E-state index contributed by atoms with van der Waals surface area (Å²) in [4.78, 5) is 18.8. The van der Waals surface area contributed by atoms with Gasteiger partial charge < -0.3 is 14.8 Å². The molecular formula is C12H14N2O3. The Bertz CT molecular complexity index is 560. The fourth-order valence-electron chi connectivity index (χ4n) is 1.77. The molecule has 0 saturated heterocycles. The highest BCUT2D eigenvalue weighted by Gasteiger charge is 2.19. The molecule has 0 atom stereocenters. The summed E-state index contributed by atoms with van der Waals surface area (Å²) in [6, 6.07) is 1.72. The average Bonchev–Trinajstić information content (AvgIpc) is 2.79. The zero-order valence-corrected chi connectivity index (χ0v) is 9.78. The molecule has 0 unspecified atom stereocenters. The van der Waals surface area contributed by atoms with E-state index in [9.17, 15) is 9.90 Å². The van der Waals surface area contributed by atoms with E-state index in [0.29, 0.717) is 11.8 Å². The molecule has 0 aliphatic heterocycles. The van der Waals surface area contributed by atoms with Crippen molar-refractivity contribution < 1.29 is 14.6 Å². The Morgan fingerprint density at radius 3 is 2.94 bits per heavy atom. The highest BCUT2D eigenvalue weighted by molar-refractivity contribution is 5.99. The molecule has 0 aliphatic carbocycles. The Balaban J connectivity index is 2.63. The summed E-state index contributed by atoms with van der Waals surface area (Å²) in [7, 11) is 0. The summed E-state index contributed by atoms with van der Waals surface area (Å²) >= 11 is 0. The molecule has 0 amide bonds. The molecule has 0 bridgehead atoms. The molecular weight excluding hydrogens is 220 g/mol. The first kappa shape index (κ1) is 11.4. The Labute approximate surface area is 98.4 Å². The number of nitrogens with one attached hydrogen (secondary N) is 1. The van der Waals surface area contributed by atoms with E-state index >= 15 is 0 Å². The second-order valence-electron chi connectivity index (χ2n) is 3.60. The van der Waals surface area contributed by atoms with Crippen molar-refractivity contribution in [2.45, 2.75) is 20.3 Å². The Hall–Kier alpha value is -2.04. The van der Waals surface area contributed by atoms with Crippen LogP contribution in [0.3, 0.4) is 0 Å². The fourth-order valence-corrected chi connectivity index (χ4v) is 1.77. The van der Waals surface area contributed by atoms with Crippen molar-refractivity contribution in [2.24, 2.45) is 0 Å². The highest BCUT2D eigenvalue weighted by atomic mass is 16.5. The van der Waals surface area contributed by atoms with E-state index in [-0.39, 0.29) is 18.1 Å². The Kier molecular flexibility index (Phi) is 2.99. The summed E-state index contributed by atoms with van der Waals surface area (Å²) < 4.78 is 4.86. The van der Waals surface area contributed by atoms with Crippen molar-refractivity contribution in [1.82, 2.24) is 9.97 Å². The molecule has 0 spiro atoms. The number of aryl methyl sites for hydroxylation is 1. The molecule has 0 aliphatic rings. The smallest absolute Gasteiger partial charge is 0.360 e. The van der Waals surface area contributed by atoms with Gasteiger partial charge in [0.25, 0.3) is 0 Å². The lowest BCUT2D eigenvalue weighted by Gasteiger charge is -2.07. The number of pyridine rings is 1. The van der Waals surface area contributed by atoms with Crippen molar-refractivity contribution in [2.75, 3.05) is 6.61 Å². The first-order chi connectivity index (χ1) is 8.19. The number of fused-ring (bicyclic) bond motifs is 1. The highest BCUT2D eigenvalue weighted by Crippen LogP contribution is 2.29. The molecule has 90 valence electrons. The molecule has 0 aromatic carbocycles. The minimum atomic E-state index is -0.595. The standard InChI is InChI=1S/C12H14N2O3/c1-3-8-9-7(5-6-13-9)11(15)10(14-8)12(16)17-4-2/h5-6,13,15H,3-4H2,1-2H3. The maximum atomic E-state index is 11.6. The number of aromatic nitrogens is 2. The monoisotopic (exact) mass is 234 g/mol. The molecule has 2 aromatic rings. The van der Waals surface area contributed by atoms with Crippen LogP contribution in [-0.4, -0.2) is 27.7 Å². The lowest BCUT2D eigenvalue weighted by atomic mass is 10.1. The quantitative estimate of drug-likeness (QED) is 0.796. The molecule has 5 heteroatoms. The van der Waals surface area contributed by atoms with Crippen LogP contribution >= 0.6 is 0 Å². The normalized spacial score (nSPS) is 10.7. The molecule has 2 rings (SSSR count). The topological polar surface area (TPSA) is 75.2 Å². The first-order valence-corrected chi connectivity index (χ1v) is 5.55. The Morgan fingerprint density at radius 1 is 1.53 bits per heavy atom. The molecule has 2 aromatic heterocycles. The molecule has 0 fully saturated rings. The molecule has 0 saturated carbocycles. The maximum absolute atomic E-state index is 11.6. The zero-order valence-electron chi connectivity index (χ0n) is 9.78. The number of hydrogen-bond donors (Lipinski definition) is 2. The largest absolute Gasteiger partial charge is 0.505 e. The molecule has 0 radical (unpaired) electrons. The summed E-state index contributed by atoms with van der Waals surface area (Å²) in [5.74, 6) is -0.723. The van der Waals surface area contributed by atoms with E-state index in [1.165, 1.54) is 0 Å². The third kappa shape index (κ3) is 1.84. The number of ether oxygens (including phenoxy) is 1. The first-order valence-electron chi connectivity index (χ1n) is 5.55. The Morgan fingerprint density at radius 2 is 2.29 bits per heavy atom. The van der Waals surface area contributed by atoms with Crippen molar-refractivity contribution in [3.63, 3.8) is 0 Å². The van der Waals surface area contributed by atoms with Gasteiger partial charge in [0.1, 0.15) is 0 Å². The van der Waals surface area contributed by atoms with Gasteiger partial charge in [-0.15, -0.1) is 0 Å². The lowest BCUT2D eigenvalue weighted by Crippen LogP contribution is -2.09. The number of aromatic amines is 1. The van der Waals surface area contributed by atoms with Gasteiger partial charge in [-0.3, -0.25) is 0 Å². The van der Waals surface area contributed by atoms with E-state index < -0.39 is 5.97 Å². The van der Waals surface area contributed by atoms with Crippen LogP contribution < -0.4 is 0 Å².